The third-order valence-corrected chi connectivity index (χ3v) is 5.47. The molecule has 0 radical (unpaired) electrons. The van der Waals surface area contributed by atoms with Crippen LogP contribution in [0.2, 0.25) is 0 Å². The number of halogens is 1. The number of nitrogens with one attached hydrogen (secondary N) is 1. The first kappa shape index (κ1) is 18.4. The summed E-state index contributed by atoms with van der Waals surface area (Å²) in [7, 11) is -2.31. The Labute approximate surface area is 131 Å². The lowest BCUT2D eigenvalue weighted by atomic mass is 10.2. The molecule has 1 N–H and O–H groups in total. The SMILES string of the molecule is CSCCN(C)S(=O)(=O)c1cc(CNC(C)C)ccc1F. The highest BCUT2D eigenvalue weighted by molar-refractivity contribution is 7.98. The van der Waals surface area contributed by atoms with Gasteiger partial charge in [-0.15, -0.1) is 0 Å². The van der Waals surface area contributed by atoms with Crippen molar-refractivity contribution in [1.82, 2.24) is 9.62 Å². The van der Waals surface area contributed by atoms with E-state index >= 15 is 0 Å². The third-order valence-electron chi connectivity index (χ3n) is 3.01. The van der Waals surface area contributed by atoms with Crippen molar-refractivity contribution >= 4 is 21.8 Å². The predicted molar refractivity (Wildman–Crippen MR) is 86.6 cm³/mol. The Morgan fingerprint density at radius 1 is 1.38 bits per heavy atom. The fourth-order valence-electron chi connectivity index (χ4n) is 1.69. The van der Waals surface area contributed by atoms with E-state index in [9.17, 15) is 12.8 Å². The lowest BCUT2D eigenvalue weighted by Crippen LogP contribution is -2.30. The van der Waals surface area contributed by atoms with Crippen LogP contribution in [0.1, 0.15) is 19.4 Å². The highest BCUT2D eigenvalue weighted by atomic mass is 32.2. The maximum Gasteiger partial charge on any atom is 0.245 e. The highest BCUT2D eigenvalue weighted by Crippen LogP contribution is 2.20. The lowest BCUT2D eigenvalue weighted by molar-refractivity contribution is 0.479. The molecule has 7 heteroatoms. The Morgan fingerprint density at radius 2 is 2.05 bits per heavy atom. The summed E-state index contributed by atoms with van der Waals surface area (Å²) in [5, 5.41) is 3.19. The average molecular weight is 334 g/mol. The Kier molecular flexibility index (Phi) is 7.12. The first-order valence-electron chi connectivity index (χ1n) is 6.76. The highest BCUT2D eigenvalue weighted by Gasteiger charge is 2.24. The minimum absolute atomic E-state index is 0.255. The predicted octanol–water partition coefficient (Wildman–Crippen LogP) is 2.31. The molecule has 1 rings (SSSR count). The quantitative estimate of drug-likeness (QED) is 0.792. The van der Waals surface area contributed by atoms with Gasteiger partial charge in [-0.25, -0.2) is 17.1 Å². The summed E-state index contributed by atoms with van der Waals surface area (Å²) in [4.78, 5) is -0.255. The number of benzene rings is 1. The van der Waals surface area contributed by atoms with Gasteiger partial charge in [-0.3, -0.25) is 0 Å². The molecule has 0 spiro atoms. The minimum Gasteiger partial charge on any atom is -0.310 e. The van der Waals surface area contributed by atoms with Crippen molar-refractivity contribution in [2.75, 3.05) is 25.6 Å². The van der Waals surface area contributed by atoms with Crippen LogP contribution in [0, 0.1) is 5.82 Å². The van der Waals surface area contributed by atoms with Crippen LogP contribution in [0.25, 0.3) is 0 Å². The Hall–Kier alpha value is -0.630. The number of hydrogen-bond donors (Lipinski definition) is 1. The van der Waals surface area contributed by atoms with Gasteiger partial charge in [0.15, 0.2) is 0 Å². The fourth-order valence-corrected chi connectivity index (χ4v) is 3.54. The van der Waals surface area contributed by atoms with Gasteiger partial charge in [-0.05, 0) is 24.0 Å². The molecule has 0 aliphatic carbocycles. The largest absolute Gasteiger partial charge is 0.310 e. The smallest absolute Gasteiger partial charge is 0.245 e. The van der Waals surface area contributed by atoms with E-state index in [1.54, 1.807) is 17.8 Å². The van der Waals surface area contributed by atoms with E-state index in [1.165, 1.54) is 23.5 Å². The molecule has 0 saturated heterocycles. The van der Waals surface area contributed by atoms with Gasteiger partial charge in [0.2, 0.25) is 10.0 Å². The zero-order valence-corrected chi connectivity index (χ0v) is 14.5. The number of sulfonamides is 1. The Morgan fingerprint density at radius 3 is 2.62 bits per heavy atom. The maximum absolute atomic E-state index is 13.9. The number of rotatable bonds is 8. The molecular formula is C14H23FN2O2S2. The summed E-state index contributed by atoms with van der Waals surface area (Å²) in [6.45, 7) is 4.86. The van der Waals surface area contributed by atoms with Crippen molar-refractivity contribution in [2.45, 2.75) is 31.3 Å². The summed E-state index contributed by atoms with van der Waals surface area (Å²) in [5.41, 5.74) is 0.752. The molecule has 1 aromatic rings. The standard InChI is InChI=1S/C14H23FN2O2S2/c1-11(2)16-10-12-5-6-13(15)14(9-12)21(18,19)17(3)7-8-20-4/h5-6,9,11,16H,7-8,10H2,1-4H3. The van der Waals surface area contributed by atoms with Crippen LogP contribution >= 0.6 is 11.8 Å². The first-order chi connectivity index (χ1) is 9.78. The van der Waals surface area contributed by atoms with E-state index < -0.39 is 15.8 Å². The second kappa shape index (κ2) is 8.12. The molecule has 0 aromatic heterocycles. The van der Waals surface area contributed by atoms with E-state index in [0.29, 0.717) is 18.8 Å². The molecule has 0 bridgehead atoms. The third kappa shape index (κ3) is 5.25. The van der Waals surface area contributed by atoms with Crippen LogP contribution in [0.5, 0.6) is 0 Å². The van der Waals surface area contributed by atoms with Gasteiger partial charge < -0.3 is 5.32 Å². The second-order valence-corrected chi connectivity index (χ2v) is 8.12. The molecule has 0 fully saturated rings. The molecular weight excluding hydrogens is 311 g/mol. The first-order valence-corrected chi connectivity index (χ1v) is 9.59. The van der Waals surface area contributed by atoms with Crippen molar-refractivity contribution in [3.05, 3.63) is 29.6 Å². The van der Waals surface area contributed by atoms with Crippen LogP contribution < -0.4 is 5.32 Å². The lowest BCUT2D eigenvalue weighted by Gasteiger charge is -2.18. The Bertz CT molecular complexity index is 562. The fraction of sp³-hybridized carbons (Fsp3) is 0.571. The number of hydrogen-bond acceptors (Lipinski definition) is 4. The van der Waals surface area contributed by atoms with Crippen LogP contribution in [0.4, 0.5) is 4.39 Å². The number of nitrogens with zero attached hydrogens (tertiary/aromatic N) is 1. The monoisotopic (exact) mass is 334 g/mol. The van der Waals surface area contributed by atoms with E-state index in [1.807, 2.05) is 20.1 Å². The van der Waals surface area contributed by atoms with E-state index in [2.05, 4.69) is 5.32 Å². The summed E-state index contributed by atoms with van der Waals surface area (Å²) in [6.07, 6.45) is 1.90. The van der Waals surface area contributed by atoms with Crippen molar-refractivity contribution in [1.29, 1.82) is 0 Å². The van der Waals surface area contributed by atoms with Crippen molar-refractivity contribution in [2.24, 2.45) is 0 Å². The zero-order chi connectivity index (χ0) is 16.0. The molecule has 0 saturated carbocycles. The topological polar surface area (TPSA) is 49.4 Å². The summed E-state index contributed by atoms with van der Waals surface area (Å²) in [5.74, 6) is -0.0364. The van der Waals surface area contributed by atoms with Crippen LogP contribution in [0.3, 0.4) is 0 Å². The van der Waals surface area contributed by atoms with Gasteiger partial charge >= 0.3 is 0 Å². The van der Waals surface area contributed by atoms with Crippen LogP contribution in [-0.2, 0) is 16.6 Å². The van der Waals surface area contributed by atoms with Gasteiger partial charge in [0.25, 0.3) is 0 Å². The number of thioether (sulfide) groups is 1. The van der Waals surface area contributed by atoms with Crippen LogP contribution in [0.15, 0.2) is 23.1 Å². The van der Waals surface area contributed by atoms with E-state index in [4.69, 9.17) is 0 Å². The van der Waals surface area contributed by atoms with E-state index in [-0.39, 0.29) is 10.9 Å². The molecule has 120 valence electrons. The van der Waals surface area contributed by atoms with Gasteiger partial charge in [-0.1, -0.05) is 19.9 Å². The zero-order valence-electron chi connectivity index (χ0n) is 12.9. The Balaban J connectivity index is 3.02. The van der Waals surface area contributed by atoms with Gasteiger partial charge in [0.05, 0.1) is 0 Å². The average Bonchev–Trinajstić information content (AvgIpc) is 2.43. The molecule has 21 heavy (non-hydrogen) atoms. The normalized spacial score (nSPS) is 12.3. The molecule has 0 atom stereocenters. The van der Waals surface area contributed by atoms with Crippen molar-refractivity contribution < 1.29 is 12.8 Å². The van der Waals surface area contributed by atoms with Gasteiger partial charge in [0.1, 0.15) is 10.7 Å². The molecule has 1 aromatic carbocycles. The maximum atomic E-state index is 13.9. The molecule has 4 nitrogen and oxygen atoms in total. The molecule has 0 amide bonds. The molecule has 0 unspecified atom stereocenters. The van der Waals surface area contributed by atoms with E-state index in [0.717, 1.165) is 5.56 Å². The van der Waals surface area contributed by atoms with Gasteiger partial charge in [0, 0.05) is 31.9 Å². The summed E-state index contributed by atoms with van der Waals surface area (Å²) in [6, 6.07) is 4.51. The minimum atomic E-state index is -3.79. The molecule has 0 heterocycles. The molecule has 0 aliphatic heterocycles. The van der Waals surface area contributed by atoms with Gasteiger partial charge in [-0.2, -0.15) is 11.8 Å². The molecule has 0 aliphatic rings. The summed E-state index contributed by atoms with van der Waals surface area (Å²) < 4.78 is 39.9. The van der Waals surface area contributed by atoms with Crippen molar-refractivity contribution in [3.63, 3.8) is 0 Å². The second-order valence-electron chi connectivity index (χ2n) is 5.12. The van der Waals surface area contributed by atoms with Crippen molar-refractivity contribution in [3.8, 4) is 0 Å². The van der Waals surface area contributed by atoms with Crippen LogP contribution in [-0.4, -0.2) is 44.4 Å². The summed E-state index contributed by atoms with van der Waals surface area (Å²) >= 11 is 1.55.